The number of rotatable bonds is 2. The second-order valence-electron chi connectivity index (χ2n) is 3.62. The number of nitrogen functional groups attached to an aromatic ring is 1. The largest absolute Gasteiger partial charge is 0.439 e. The lowest BCUT2D eigenvalue weighted by atomic mass is 10.2. The zero-order valence-electron chi connectivity index (χ0n) is 9.34. The van der Waals surface area contributed by atoms with E-state index in [9.17, 15) is 0 Å². The molecule has 0 aliphatic heterocycles. The first-order chi connectivity index (χ1) is 8.19. The Labute approximate surface area is 99.3 Å². The first-order valence-corrected chi connectivity index (χ1v) is 5.10. The van der Waals surface area contributed by atoms with Crippen molar-refractivity contribution in [3.05, 3.63) is 47.7 Å². The third-order valence-corrected chi connectivity index (χ3v) is 2.22. The highest BCUT2D eigenvalue weighted by molar-refractivity contribution is 5.51. The standard InChI is InChI=1S/C13H11N3O/c1-9-3-2-4-10(7-9)17-13-6-5-11(15)12(8-14)16-13/h2-7H,15H2,1H3. The minimum atomic E-state index is 0.176. The van der Waals surface area contributed by atoms with Gasteiger partial charge in [0, 0.05) is 6.07 Å². The number of pyridine rings is 1. The number of nitrogens with zero attached hydrogens (tertiary/aromatic N) is 2. The topological polar surface area (TPSA) is 71.9 Å². The van der Waals surface area contributed by atoms with Crippen molar-refractivity contribution in [2.24, 2.45) is 0 Å². The van der Waals surface area contributed by atoms with Gasteiger partial charge in [0.2, 0.25) is 5.88 Å². The summed E-state index contributed by atoms with van der Waals surface area (Å²) in [6.45, 7) is 1.98. The van der Waals surface area contributed by atoms with Gasteiger partial charge in [-0.2, -0.15) is 5.26 Å². The lowest BCUT2D eigenvalue weighted by Gasteiger charge is -2.06. The number of nitriles is 1. The fourth-order valence-electron chi connectivity index (χ4n) is 1.40. The van der Waals surface area contributed by atoms with Gasteiger partial charge in [0.1, 0.15) is 11.8 Å². The van der Waals surface area contributed by atoms with Crippen molar-refractivity contribution < 1.29 is 4.74 Å². The minimum Gasteiger partial charge on any atom is -0.439 e. The normalized spacial score (nSPS) is 9.65. The predicted octanol–water partition coefficient (Wildman–Crippen LogP) is 2.64. The average Bonchev–Trinajstić information content (AvgIpc) is 2.32. The molecule has 2 N–H and O–H groups in total. The second-order valence-corrected chi connectivity index (χ2v) is 3.62. The Morgan fingerprint density at radius 3 is 2.82 bits per heavy atom. The lowest BCUT2D eigenvalue weighted by Crippen LogP contribution is -1.96. The number of hydrogen-bond acceptors (Lipinski definition) is 4. The number of ether oxygens (including phenoxy) is 1. The van der Waals surface area contributed by atoms with E-state index in [0.717, 1.165) is 5.56 Å². The van der Waals surface area contributed by atoms with Crippen molar-refractivity contribution in [1.29, 1.82) is 5.26 Å². The van der Waals surface area contributed by atoms with Crippen LogP contribution in [0.5, 0.6) is 11.6 Å². The van der Waals surface area contributed by atoms with E-state index >= 15 is 0 Å². The molecule has 0 radical (unpaired) electrons. The maximum atomic E-state index is 8.81. The van der Waals surface area contributed by atoms with Gasteiger partial charge in [0.15, 0.2) is 5.69 Å². The van der Waals surface area contributed by atoms with E-state index in [2.05, 4.69) is 4.98 Å². The molecule has 2 rings (SSSR count). The molecule has 0 aliphatic rings. The van der Waals surface area contributed by atoms with Crippen molar-refractivity contribution in [3.8, 4) is 17.7 Å². The zero-order chi connectivity index (χ0) is 12.3. The average molecular weight is 225 g/mol. The zero-order valence-corrected chi connectivity index (χ0v) is 9.34. The van der Waals surface area contributed by atoms with E-state index in [-0.39, 0.29) is 5.69 Å². The fraction of sp³-hybridized carbons (Fsp3) is 0.0769. The second kappa shape index (κ2) is 4.54. The van der Waals surface area contributed by atoms with Crippen LogP contribution in [0.1, 0.15) is 11.3 Å². The third kappa shape index (κ3) is 2.52. The van der Waals surface area contributed by atoms with E-state index in [4.69, 9.17) is 15.7 Å². The molecule has 4 heteroatoms. The van der Waals surface area contributed by atoms with Crippen LogP contribution >= 0.6 is 0 Å². The van der Waals surface area contributed by atoms with Gasteiger partial charge in [0.25, 0.3) is 0 Å². The molecule has 1 aromatic carbocycles. The molecule has 0 spiro atoms. The summed E-state index contributed by atoms with van der Waals surface area (Å²) >= 11 is 0. The highest BCUT2D eigenvalue weighted by Crippen LogP contribution is 2.22. The molecule has 2 aromatic rings. The van der Waals surface area contributed by atoms with Gasteiger partial charge in [-0.25, -0.2) is 4.98 Å². The molecule has 0 amide bonds. The third-order valence-electron chi connectivity index (χ3n) is 2.22. The molecule has 0 aliphatic carbocycles. The molecule has 84 valence electrons. The number of nitrogens with two attached hydrogens (primary N) is 1. The summed E-state index contributed by atoms with van der Waals surface area (Å²) in [5, 5.41) is 8.81. The molecule has 0 saturated carbocycles. The van der Waals surface area contributed by atoms with Crippen molar-refractivity contribution >= 4 is 5.69 Å². The van der Waals surface area contributed by atoms with Crippen LogP contribution in [0.25, 0.3) is 0 Å². The van der Waals surface area contributed by atoms with Crippen LogP contribution in [0.3, 0.4) is 0 Å². The summed E-state index contributed by atoms with van der Waals surface area (Å²) in [4.78, 5) is 4.01. The van der Waals surface area contributed by atoms with Crippen LogP contribution in [0.4, 0.5) is 5.69 Å². The number of aromatic nitrogens is 1. The van der Waals surface area contributed by atoms with Crippen molar-refractivity contribution in [1.82, 2.24) is 4.98 Å². The highest BCUT2D eigenvalue weighted by Gasteiger charge is 2.04. The minimum absolute atomic E-state index is 0.176. The first-order valence-electron chi connectivity index (χ1n) is 5.10. The van der Waals surface area contributed by atoms with Gasteiger partial charge in [-0.05, 0) is 30.7 Å². The first kappa shape index (κ1) is 11.0. The van der Waals surface area contributed by atoms with Gasteiger partial charge in [0.05, 0.1) is 5.69 Å². The lowest BCUT2D eigenvalue weighted by molar-refractivity contribution is 0.462. The van der Waals surface area contributed by atoms with E-state index < -0.39 is 0 Å². The van der Waals surface area contributed by atoms with Gasteiger partial charge in [-0.3, -0.25) is 0 Å². The Bertz CT molecular complexity index is 587. The number of benzene rings is 1. The maximum absolute atomic E-state index is 8.81. The van der Waals surface area contributed by atoms with Crippen LogP contribution < -0.4 is 10.5 Å². The smallest absolute Gasteiger partial charge is 0.220 e. The molecular formula is C13H11N3O. The Hall–Kier alpha value is -2.54. The molecule has 1 aromatic heterocycles. The van der Waals surface area contributed by atoms with Crippen LogP contribution in [0.15, 0.2) is 36.4 Å². The van der Waals surface area contributed by atoms with Gasteiger partial charge >= 0.3 is 0 Å². The van der Waals surface area contributed by atoms with E-state index in [1.54, 1.807) is 12.1 Å². The molecule has 0 saturated heterocycles. The Balaban J connectivity index is 2.28. The summed E-state index contributed by atoms with van der Waals surface area (Å²) in [5.41, 5.74) is 7.20. The Morgan fingerprint density at radius 2 is 2.12 bits per heavy atom. The predicted molar refractivity (Wildman–Crippen MR) is 64.6 cm³/mol. The monoisotopic (exact) mass is 225 g/mol. The summed E-state index contributed by atoms with van der Waals surface area (Å²) in [5.74, 6) is 1.05. The summed E-state index contributed by atoms with van der Waals surface area (Å²) in [6.07, 6.45) is 0. The maximum Gasteiger partial charge on any atom is 0.220 e. The molecule has 0 atom stereocenters. The number of aryl methyl sites for hydroxylation is 1. The van der Waals surface area contributed by atoms with E-state index in [1.165, 1.54) is 0 Å². The fourth-order valence-corrected chi connectivity index (χ4v) is 1.40. The molecule has 0 bridgehead atoms. The summed E-state index contributed by atoms with van der Waals surface area (Å²) in [6, 6.07) is 12.8. The van der Waals surface area contributed by atoms with Crippen molar-refractivity contribution in [3.63, 3.8) is 0 Å². The molecule has 0 fully saturated rings. The summed E-state index contributed by atoms with van der Waals surface area (Å²) in [7, 11) is 0. The quantitative estimate of drug-likeness (QED) is 0.852. The number of hydrogen-bond donors (Lipinski definition) is 1. The van der Waals surface area contributed by atoms with Crippen LogP contribution in [-0.4, -0.2) is 4.98 Å². The molecule has 1 heterocycles. The Kier molecular flexibility index (Phi) is 2.93. The van der Waals surface area contributed by atoms with Gasteiger partial charge < -0.3 is 10.5 Å². The van der Waals surface area contributed by atoms with Gasteiger partial charge in [-0.1, -0.05) is 12.1 Å². The SMILES string of the molecule is Cc1cccc(Oc2ccc(N)c(C#N)n2)c1. The summed E-state index contributed by atoms with van der Waals surface area (Å²) < 4.78 is 5.54. The molecule has 0 unspecified atom stereocenters. The highest BCUT2D eigenvalue weighted by atomic mass is 16.5. The number of anilines is 1. The molecular weight excluding hydrogens is 214 g/mol. The van der Waals surface area contributed by atoms with Gasteiger partial charge in [-0.15, -0.1) is 0 Å². The van der Waals surface area contributed by atoms with Crippen LogP contribution in [0, 0.1) is 18.3 Å². The Morgan fingerprint density at radius 1 is 1.29 bits per heavy atom. The van der Waals surface area contributed by atoms with Crippen LogP contribution in [0.2, 0.25) is 0 Å². The van der Waals surface area contributed by atoms with E-state index in [1.807, 2.05) is 37.3 Å². The van der Waals surface area contributed by atoms with Crippen LogP contribution in [-0.2, 0) is 0 Å². The van der Waals surface area contributed by atoms with E-state index in [0.29, 0.717) is 17.3 Å². The molecule has 4 nitrogen and oxygen atoms in total. The van der Waals surface area contributed by atoms with Crippen molar-refractivity contribution in [2.75, 3.05) is 5.73 Å². The molecule has 17 heavy (non-hydrogen) atoms. The van der Waals surface area contributed by atoms with Crippen molar-refractivity contribution in [2.45, 2.75) is 6.92 Å².